The van der Waals surface area contributed by atoms with Crippen molar-refractivity contribution in [2.45, 2.75) is 13.1 Å². The quantitative estimate of drug-likeness (QED) is 0.702. The van der Waals surface area contributed by atoms with Gasteiger partial charge >= 0.3 is 0 Å². The fourth-order valence-electron chi connectivity index (χ4n) is 2.79. The lowest BCUT2D eigenvalue weighted by atomic mass is 10.1. The smallest absolute Gasteiger partial charge is 0.123 e. The predicted octanol–water partition coefficient (Wildman–Crippen LogP) is 3.22. The van der Waals surface area contributed by atoms with Gasteiger partial charge in [-0.1, -0.05) is 0 Å². The van der Waals surface area contributed by atoms with E-state index in [-0.39, 0.29) is 11.6 Å². The second kappa shape index (κ2) is 3.22. The molecule has 0 fully saturated rings. The first-order chi connectivity index (χ1) is 8.72. The van der Waals surface area contributed by atoms with Gasteiger partial charge in [0.05, 0.1) is 24.5 Å². The molecule has 2 aromatic carbocycles. The van der Waals surface area contributed by atoms with Crippen molar-refractivity contribution in [1.82, 2.24) is 0 Å². The summed E-state index contributed by atoms with van der Waals surface area (Å²) in [4.78, 5) is 0. The SMILES string of the molecule is Fc1ccc2c(c1)CN1c3ccc(F)cc3CN21. The highest BCUT2D eigenvalue weighted by Gasteiger charge is 2.34. The molecule has 0 radical (unpaired) electrons. The van der Waals surface area contributed by atoms with E-state index in [4.69, 9.17) is 0 Å². The summed E-state index contributed by atoms with van der Waals surface area (Å²) in [6.07, 6.45) is 0. The summed E-state index contributed by atoms with van der Waals surface area (Å²) in [5.74, 6) is -0.425. The number of hydrogen-bond acceptors (Lipinski definition) is 2. The fraction of sp³-hybridized carbons (Fsp3) is 0.143. The van der Waals surface area contributed by atoms with Crippen LogP contribution in [0, 0.1) is 11.6 Å². The van der Waals surface area contributed by atoms with Gasteiger partial charge in [-0.2, -0.15) is 0 Å². The molecule has 0 unspecified atom stereocenters. The lowest BCUT2D eigenvalue weighted by Crippen LogP contribution is -2.30. The number of nitrogens with zero attached hydrogens (tertiary/aromatic N) is 2. The standard InChI is InChI=1S/C14H10F2N2/c15-11-1-3-13-9(5-11)7-18-14-4-2-12(16)6-10(14)8-17(13)18/h1-6H,7-8H2. The average Bonchev–Trinajstić information content (AvgIpc) is 2.83. The summed E-state index contributed by atoms with van der Waals surface area (Å²) in [7, 11) is 0. The number of halogens is 2. The van der Waals surface area contributed by atoms with E-state index < -0.39 is 0 Å². The molecule has 0 aromatic heterocycles. The van der Waals surface area contributed by atoms with Crippen molar-refractivity contribution >= 4 is 11.4 Å². The fourth-order valence-corrected chi connectivity index (χ4v) is 2.79. The van der Waals surface area contributed by atoms with Crippen molar-refractivity contribution in [2.75, 3.05) is 10.0 Å². The zero-order chi connectivity index (χ0) is 12.3. The average molecular weight is 244 g/mol. The van der Waals surface area contributed by atoms with Crippen LogP contribution in [0.1, 0.15) is 11.1 Å². The van der Waals surface area contributed by atoms with Crippen molar-refractivity contribution in [3.8, 4) is 0 Å². The van der Waals surface area contributed by atoms with Crippen LogP contribution in [-0.2, 0) is 13.1 Å². The van der Waals surface area contributed by atoms with Gasteiger partial charge in [-0.05, 0) is 36.4 Å². The highest BCUT2D eigenvalue weighted by molar-refractivity contribution is 5.73. The van der Waals surface area contributed by atoms with Crippen molar-refractivity contribution in [2.24, 2.45) is 0 Å². The Balaban J connectivity index is 1.82. The first kappa shape index (κ1) is 9.88. The van der Waals surface area contributed by atoms with Crippen molar-refractivity contribution in [3.05, 3.63) is 59.2 Å². The third kappa shape index (κ3) is 1.20. The lowest BCUT2D eigenvalue weighted by molar-refractivity contribution is 0.626. The van der Waals surface area contributed by atoms with Crippen LogP contribution in [0.2, 0.25) is 0 Å². The molecule has 0 amide bonds. The molecule has 2 heterocycles. The number of rotatable bonds is 0. The molecule has 2 aliphatic rings. The molecule has 0 atom stereocenters. The molecule has 2 aliphatic heterocycles. The van der Waals surface area contributed by atoms with E-state index in [1.54, 1.807) is 24.3 Å². The van der Waals surface area contributed by atoms with Gasteiger partial charge < -0.3 is 0 Å². The summed E-state index contributed by atoms with van der Waals surface area (Å²) in [6, 6.07) is 9.63. The Labute approximate surface area is 103 Å². The zero-order valence-corrected chi connectivity index (χ0v) is 9.53. The molecule has 0 saturated carbocycles. The van der Waals surface area contributed by atoms with Crippen LogP contribution >= 0.6 is 0 Å². The van der Waals surface area contributed by atoms with Gasteiger partial charge in [0.25, 0.3) is 0 Å². The third-order valence-corrected chi connectivity index (χ3v) is 3.57. The van der Waals surface area contributed by atoms with Gasteiger partial charge in [0.1, 0.15) is 11.6 Å². The maximum absolute atomic E-state index is 13.2. The van der Waals surface area contributed by atoms with Gasteiger partial charge in [-0.25, -0.2) is 8.78 Å². The monoisotopic (exact) mass is 244 g/mol. The normalized spacial score (nSPS) is 15.7. The Hall–Kier alpha value is -2.10. The Morgan fingerprint density at radius 1 is 0.722 bits per heavy atom. The minimum atomic E-state index is -0.213. The molecule has 2 aromatic rings. The summed E-state index contributed by atoms with van der Waals surface area (Å²) >= 11 is 0. The van der Waals surface area contributed by atoms with E-state index in [0.29, 0.717) is 13.1 Å². The highest BCUT2D eigenvalue weighted by Crippen LogP contribution is 2.42. The van der Waals surface area contributed by atoms with E-state index in [1.807, 2.05) is 0 Å². The molecule has 0 saturated heterocycles. The number of anilines is 2. The number of fused-ring (bicyclic) bond motifs is 5. The second-order valence-corrected chi connectivity index (χ2v) is 4.66. The van der Waals surface area contributed by atoms with Crippen molar-refractivity contribution in [3.63, 3.8) is 0 Å². The van der Waals surface area contributed by atoms with Gasteiger partial charge in [0.15, 0.2) is 0 Å². The molecule has 2 nitrogen and oxygen atoms in total. The van der Waals surface area contributed by atoms with Gasteiger partial charge in [-0.15, -0.1) is 0 Å². The summed E-state index contributed by atoms with van der Waals surface area (Å²) in [6.45, 7) is 1.29. The van der Waals surface area contributed by atoms with Crippen LogP contribution in [-0.4, -0.2) is 0 Å². The van der Waals surface area contributed by atoms with Crippen LogP contribution in [0.25, 0.3) is 0 Å². The number of hydrogen-bond donors (Lipinski definition) is 0. The Bertz CT molecular complexity index is 597. The molecule has 18 heavy (non-hydrogen) atoms. The number of benzene rings is 2. The van der Waals surface area contributed by atoms with Gasteiger partial charge in [0, 0.05) is 11.1 Å². The Morgan fingerprint density at radius 3 is 1.61 bits per heavy atom. The van der Waals surface area contributed by atoms with Gasteiger partial charge in [-0.3, -0.25) is 10.0 Å². The van der Waals surface area contributed by atoms with Crippen molar-refractivity contribution in [1.29, 1.82) is 0 Å². The molecule has 0 spiro atoms. The predicted molar refractivity (Wildman–Crippen MR) is 65.2 cm³/mol. The molecular formula is C14H10F2N2. The Morgan fingerprint density at radius 2 is 1.17 bits per heavy atom. The largest absolute Gasteiger partial charge is 0.280 e. The minimum Gasteiger partial charge on any atom is -0.280 e. The highest BCUT2D eigenvalue weighted by atomic mass is 19.1. The van der Waals surface area contributed by atoms with E-state index in [0.717, 1.165) is 22.5 Å². The molecule has 4 rings (SSSR count). The summed E-state index contributed by atoms with van der Waals surface area (Å²) in [5, 5.41) is 4.14. The van der Waals surface area contributed by atoms with E-state index >= 15 is 0 Å². The van der Waals surface area contributed by atoms with Crippen LogP contribution < -0.4 is 10.0 Å². The molecular weight excluding hydrogens is 234 g/mol. The first-order valence-electron chi connectivity index (χ1n) is 5.84. The molecule has 0 N–H and O–H groups in total. The van der Waals surface area contributed by atoms with E-state index in [9.17, 15) is 8.78 Å². The maximum Gasteiger partial charge on any atom is 0.123 e. The van der Waals surface area contributed by atoms with Crippen LogP contribution in [0.3, 0.4) is 0 Å². The minimum absolute atomic E-state index is 0.213. The maximum atomic E-state index is 13.2. The van der Waals surface area contributed by atoms with Crippen LogP contribution in [0.5, 0.6) is 0 Å². The van der Waals surface area contributed by atoms with E-state index in [2.05, 4.69) is 10.0 Å². The van der Waals surface area contributed by atoms with Crippen LogP contribution in [0.15, 0.2) is 36.4 Å². The zero-order valence-electron chi connectivity index (χ0n) is 9.53. The molecule has 0 aliphatic carbocycles. The first-order valence-corrected chi connectivity index (χ1v) is 5.84. The number of hydrazine groups is 1. The van der Waals surface area contributed by atoms with E-state index in [1.165, 1.54) is 12.1 Å². The third-order valence-electron chi connectivity index (χ3n) is 3.57. The second-order valence-electron chi connectivity index (χ2n) is 4.66. The summed E-state index contributed by atoms with van der Waals surface area (Å²) in [5.41, 5.74) is 3.97. The summed E-state index contributed by atoms with van der Waals surface area (Å²) < 4.78 is 26.4. The Kier molecular flexibility index (Phi) is 1.77. The van der Waals surface area contributed by atoms with Crippen molar-refractivity contribution < 1.29 is 8.78 Å². The molecule has 0 bridgehead atoms. The van der Waals surface area contributed by atoms with Gasteiger partial charge in [0.2, 0.25) is 0 Å². The topological polar surface area (TPSA) is 6.48 Å². The molecule has 90 valence electrons. The van der Waals surface area contributed by atoms with Crippen LogP contribution in [0.4, 0.5) is 20.2 Å². The lowest BCUT2D eigenvalue weighted by Gasteiger charge is -2.23. The molecule has 4 heteroatoms.